The number of carbonyl (C=O) groups is 1. The fourth-order valence-electron chi connectivity index (χ4n) is 4.34. The first-order chi connectivity index (χ1) is 20.1. The predicted molar refractivity (Wildman–Crippen MR) is 147 cm³/mol. The van der Waals surface area contributed by atoms with Crippen LogP contribution in [0.25, 0.3) is 28.4 Å². The maximum Gasteiger partial charge on any atom is 0.336 e. The largest absolute Gasteiger partial charge is 0.508 e. The van der Waals surface area contributed by atoms with Crippen LogP contribution in [0.4, 0.5) is 0 Å². The van der Waals surface area contributed by atoms with Crippen LogP contribution in [0.5, 0.6) is 23.0 Å². The molecule has 1 saturated heterocycles. The molecule has 12 nitrogen and oxygen atoms in total. The number of ether oxygens (including phenoxy) is 3. The zero-order valence-corrected chi connectivity index (χ0v) is 21.7. The van der Waals surface area contributed by atoms with E-state index in [1.54, 1.807) is 24.3 Å². The van der Waals surface area contributed by atoms with Crippen molar-refractivity contribution < 1.29 is 54.1 Å². The zero-order valence-electron chi connectivity index (χ0n) is 21.7. The van der Waals surface area contributed by atoms with Crippen molar-refractivity contribution >= 4 is 23.0 Å². The van der Waals surface area contributed by atoms with E-state index in [1.807, 2.05) is 0 Å². The second-order valence-electron chi connectivity index (χ2n) is 9.48. The average Bonchev–Trinajstić information content (AvgIpc) is 2.97. The Bertz CT molecular complexity index is 1660. The van der Waals surface area contributed by atoms with E-state index in [0.29, 0.717) is 11.1 Å². The summed E-state index contributed by atoms with van der Waals surface area (Å²) in [6.45, 7) is -0.652. The maximum atomic E-state index is 12.8. The van der Waals surface area contributed by atoms with Gasteiger partial charge in [-0.2, -0.15) is 0 Å². The Balaban J connectivity index is 1.34. The monoisotopic (exact) mass is 578 g/mol. The number of benzene rings is 3. The molecule has 42 heavy (non-hydrogen) atoms. The standard InChI is InChI=1S/C30H26O12/c31-14-24-27(36)28(37)29(38)30(42-24)40-19-11-20(33)26-21(34)13-22(41-23(26)12-19)16-4-8-18(9-5-16)39-25(35)10-3-15-1-6-17(32)7-2-15/h1-13,24,27-33,36-38H,14H2. The van der Waals surface area contributed by atoms with Gasteiger partial charge in [0.05, 0.1) is 6.61 Å². The predicted octanol–water partition coefficient (Wildman–Crippen LogP) is 1.67. The van der Waals surface area contributed by atoms with E-state index in [9.17, 15) is 40.2 Å². The highest BCUT2D eigenvalue weighted by Gasteiger charge is 2.44. The molecule has 3 aromatic carbocycles. The molecule has 2 heterocycles. The minimum absolute atomic E-state index is 0.0630. The number of fused-ring (bicyclic) bond motifs is 1. The zero-order chi connectivity index (χ0) is 30.0. The van der Waals surface area contributed by atoms with Gasteiger partial charge in [0.2, 0.25) is 6.29 Å². The van der Waals surface area contributed by atoms with E-state index >= 15 is 0 Å². The van der Waals surface area contributed by atoms with Gasteiger partial charge in [0, 0.05) is 29.8 Å². The van der Waals surface area contributed by atoms with Crippen LogP contribution in [-0.4, -0.2) is 73.9 Å². The molecule has 6 N–H and O–H groups in total. The van der Waals surface area contributed by atoms with Crippen LogP contribution in [0.2, 0.25) is 0 Å². The topological polar surface area (TPSA) is 196 Å². The lowest BCUT2D eigenvalue weighted by Gasteiger charge is -2.39. The third-order valence-corrected chi connectivity index (χ3v) is 6.55. The fraction of sp³-hybridized carbons (Fsp3) is 0.200. The van der Waals surface area contributed by atoms with Crippen LogP contribution in [-0.2, 0) is 9.53 Å². The van der Waals surface area contributed by atoms with Crippen LogP contribution in [0.15, 0.2) is 82.0 Å². The SMILES string of the molecule is O=C(C=Cc1ccc(O)cc1)Oc1ccc(-c2cc(=O)c3c(O)cc(OC4OC(CO)C(O)C(O)C4O)cc3o2)cc1. The summed E-state index contributed by atoms with van der Waals surface area (Å²) in [4.78, 5) is 25.0. The number of phenols is 2. The maximum absolute atomic E-state index is 12.8. The van der Waals surface area contributed by atoms with Crippen LogP contribution < -0.4 is 14.9 Å². The van der Waals surface area contributed by atoms with Crippen molar-refractivity contribution in [3.8, 4) is 34.3 Å². The molecule has 0 saturated carbocycles. The highest BCUT2D eigenvalue weighted by molar-refractivity contribution is 5.89. The summed E-state index contributed by atoms with van der Waals surface area (Å²) in [6, 6.07) is 15.9. The molecular weight excluding hydrogens is 552 g/mol. The molecule has 0 amide bonds. The Morgan fingerprint density at radius 1 is 0.881 bits per heavy atom. The average molecular weight is 579 g/mol. The van der Waals surface area contributed by atoms with Crippen LogP contribution in [0.1, 0.15) is 5.56 Å². The molecule has 1 aromatic heterocycles. The van der Waals surface area contributed by atoms with E-state index in [0.717, 1.165) is 6.07 Å². The first kappa shape index (κ1) is 28.8. The van der Waals surface area contributed by atoms with Gasteiger partial charge in [-0.25, -0.2) is 4.79 Å². The number of aliphatic hydroxyl groups excluding tert-OH is 4. The molecule has 1 aliphatic rings. The van der Waals surface area contributed by atoms with Crippen molar-refractivity contribution in [1.29, 1.82) is 0 Å². The number of aromatic hydroxyl groups is 2. The van der Waals surface area contributed by atoms with Gasteiger partial charge < -0.3 is 49.3 Å². The molecule has 0 radical (unpaired) electrons. The highest BCUT2D eigenvalue weighted by atomic mass is 16.7. The molecule has 5 rings (SSSR count). The fourth-order valence-corrected chi connectivity index (χ4v) is 4.34. The minimum atomic E-state index is -1.69. The Hall–Kier alpha value is -4.72. The van der Waals surface area contributed by atoms with Crippen molar-refractivity contribution in [3.63, 3.8) is 0 Å². The van der Waals surface area contributed by atoms with Gasteiger partial charge in [0.15, 0.2) is 5.43 Å². The van der Waals surface area contributed by atoms with Crippen molar-refractivity contribution in [3.05, 3.63) is 88.6 Å². The van der Waals surface area contributed by atoms with Crippen molar-refractivity contribution in [2.24, 2.45) is 0 Å². The third kappa shape index (κ3) is 6.12. The molecule has 5 unspecified atom stereocenters. The van der Waals surface area contributed by atoms with Crippen molar-refractivity contribution in [2.75, 3.05) is 6.61 Å². The highest BCUT2D eigenvalue weighted by Crippen LogP contribution is 2.33. The van der Waals surface area contributed by atoms with Crippen LogP contribution >= 0.6 is 0 Å². The van der Waals surface area contributed by atoms with Gasteiger partial charge in [-0.1, -0.05) is 12.1 Å². The molecule has 0 spiro atoms. The number of phenolic OH excluding ortho intramolecular Hbond substituents is 2. The Morgan fingerprint density at radius 2 is 1.60 bits per heavy atom. The molecule has 12 heteroatoms. The Labute approximate surface area is 237 Å². The second kappa shape index (κ2) is 12.0. The van der Waals surface area contributed by atoms with Gasteiger partial charge in [-0.15, -0.1) is 0 Å². The number of aliphatic hydroxyl groups is 4. The lowest BCUT2D eigenvalue weighted by atomic mass is 9.99. The lowest BCUT2D eigenvalue weighted by Crippen LogP contribution is -2.60. The van der Waals surface area contributed by atoms with Gasteiger partial charge in [-0.3, -0.25) is 4.79 Å². The lowest BCUT2D eigenvalue weighted by molar-refractivity contribution is -0.277. The quantitative estimate of drug-likeness (QED) is 0.106. The Morgan fingerprint density at radius 3 is 2.29 bits per heavy atom. The van der Waals surface area contributed by atoms with E-state index in [4.69, 9.17) is 18.6 Å². The molecule has 0 aliphatic carbocycles. The third-order valence-electron chi connectivity index (χ3n) is 6.55. The van der Waals surface area contributed by atoms with E-state index in [1.165, 1.54) is 48.6 Å². The van der Waals surface area contributed by atoms with Gasteiger partial charge in [0.25, 0.3) is 0 Å². The first-order valence-corrected chi connectivity index (χ1v) is 12.7. The molecule has 5 atom stereocenters. The van der Waals surface area contributed by atoms with Crippen molar-refractivity contribution in [2.45, 2.75) is 30.7 Å². The summed E-state index contributed by atoms with van der Waals surface area (Å²) in [5, 5.41) is 59.3. The number of rotatable bonds is 7. The second-order valence-corrected chi connectivity index (χ2v) is 9.48. The smallest absolute Gasteiger partial charge is 0.336 e. The minimum Gasteiger partial charge on any atom is -0.508 e. The molecule has 4 aromatic rings. The molecule has 0 bridgehead atoms. The first-order valence-electron chi connectivity index (χ1n) is 12.7. The number of hydrogen-bond donors (Lipinski definition) is 6. The summed E-state index contributed by atoms with van der Waals surface area (Å²) < 4.78 is 22.0. The number of hydrogen-bond acceptors (Lipinski definition) is 12. The van der Waals surface area contributed by atoms with E-state index in [-0.39, 0.29) is 34.0 Å². The number of esters is 1. The number of carbonyl (C=O) groups excluding carboxylic acids is 1. The van der Waals surface area contributed by atoms with Crippen molar-refractivity contribution in [1.82, 2.24) is 0 Å². The summed E-state index contributed by atoms with van der Waals surface area (Å²) in [5.74, 6) is -0.731. The van der Waals surface area contributed by atoms with Crippen LogP contribution in [0, 0.1) is 0 Å². The molecule has 1 fully saturated rings. The van der Waals surface area contributed by atoms with E-state index < -0.39 is 54.5 Å². The van der Waals surface area contributed by atoms with E-state index in [2.05, 4.69) is 0 Å². The molecular formula is C30H26O12. The summed E-state index contributed by atoms with van der Waals surface area (Å²) in [7, 11) is 0. The summed E-state index contributed by atoms with van der Waals surface area (Å²) in [5.41, 5.74) is 0.525. The summed E-state index contributed by atoms with van der Waals surface area (Å²) >= 11 is 0. The van der Waals surface area contributed by atoms with Gasteiger partial charge >= 0.3 is 5.97 Å². The van der Waals surface area contributed by atoms with Gasteiger partial charge in [-0.05, 0) is 48.0 Å². The van der Waals surface area contributed by atoms with Gasteiger partial charge in [0.1, 0.15) is 64.1 Å². The normalized spacial score (nSPS) is 22.3. The Kier molecular flexibility index (Phi) is 8.24. The van der Waals surface area contributed by atoms with Crippen LogP contribution in [0.3, 0.4) is 0 Å². The summed E-state index contributed by atoms with van der Waals surface area (Å²) in [6.07, 6.45) is -4.88. The molecule has 1 aliphatic heterocycles. The molecule has 218 valence electrons.